The summed E-state index contributed by atoms with van der Waals surface area (Å²) in [5.41, 5.74) is 0. The van der Waals surface area contributed by atoms with Crippen LogP contribution in [0, 0.1) is 29.6 Å². The lowest BCUT2D eigenvalue weighted by atomic mass is 9.78. The van der Waals surface area contributed by atoms with Crippen LogP contribution in [0.5, 0.6) is 0 Å². The van der Waals surface area contributed by atoms with Crippen LogP contribution in [0.25, 0.3) is 0 Å². The third-order valence-corrected chi connectivity index (χ3v) is 5.91. The summed E-state index contributed by atoms with van der Waals surface area (Å²) in [5, 5.41) is 0. The van der Waals surface area contributed by atoms with E-state index in [1.54, 1.807) is 0 Å². The van der Waals surface area contributed by atoms with Crippen molar-refractivity contribution in [3.05, 3.63) is 0 Å². The van der Waals surface area contributed by atoms with Crippen molar-refractivity contribution in [2.24, 2.45) is 29.6 Å². The van der Waals surface area contributed by atoms with Crippen LogP contribution in [-0.4, -0.2) is 0 Å². The van der Waals surface area contributed by atoms with Gasteiger partial charge in [0.25, 0.3) is 0 Å². The maximum atomic E-state index is 2.50. The molecule has 0 fully saturated rings. The molecule has 0 aliphatic carbocycles. The Morgan fingerprint density at radius 2 is 1.05 bits per heavy atom. The van der Waals surface area contributed by atoms with Crippen molar-refractivity contribution in [3.63, 3.8) is 0 Å². The maximum absolute atomic E-state index is 2.50. The molecule has 4 atom stereocenters. The number of hydrogen-bond donors (Lipinski definition) is 0. The van der Waals surface area contributed by atoms with Gasteiger partial charge in [0.15, 0.2) is 0 Å². The SMILES string of the molecule is CCCC(C)CCCCC(CCC(C)CCC)C(C)C(C)C. The van der Waals surface area contributed by atoms with Crippen LogP contribution in [0.4, 0.5) is 0 Å². The molecular formula is C22H46. The molecule has 0 rings (SSSR count). The highest BCUT2D eigenvalue weighted by Crippen LogP contribution is 2.31. The van der Waals surface area contributed by atoms with Gasteiger partial charge in [0.1, 0.15) is 0 Å². The van der Waals surface area contributed by atoms with Gasteiger partial charge in [-0.3, -0.25) is 0 Å². The predicted molar refractivity (Wildman–Crippen MR) is 103 cm³/mol. The molecule has 0 aromatic carbocycles. The second-order valence-electron chi connectivity index (χ2n) is 8.51. The minimum absolute atomic E-state index is 0.838. The predicted octanol–water partition coefficient (Wildman–Crippen LogP) is 8.11. The van der Waals surface area contributed by atoms with Gasteiger partial charge >= 0.3 is 0 Å². The quantitative estimate of drug-likeness (QED) is 0.284. The van der Waals surface area contributed by atoms with Gasteiger partial charge < -0.3 is 0 Å². The van der Waals surface area contributed by atoms with E-state index in [2.05, 4.69) is 48.5 Å². The molecule has 0 radical (unpaired) electrons. The van der Waals surface area contributed by atoms with Crippen LogP contribution >= 0.6 is 0 Å². The first-order valence-corrected chi connectivity index (χ1v) is 10.4. The van der Waals surface area contributed by atoms with Gasteiger partial charge in [-0.25, -0.2) is 0 Å². The lowest BCUT2D eigenvalue weighted by Gasteiger charge is -2.28. The second kappa shape index (κ2) is 13.4. The standard InChI is InChI=1S/C22H46/c1-8-12-19(5)14-10-11-15-22(21(7)18(3)4)17-16-20(6)13-9-2/h18-22H,8-17H2,1-7H3. The second-order valence-corrected chi connectivity index (χ2v) is 8.51. The first kappa shape index (κ1) is 22.0. The zero-order chi connectivity index (χ0) is 17.0. The molecule has 0 saturated carbocycles. The fourth-order valence-electron chi connectivity index (χ4n) is 3.89. The fraction of sp³-hybridized carbons (Fsp3) is 1.00. The smallest absolute Gasteiger partial charge is 0.0386 e. The number of unbranched alkanes of at least 4 members (excludes halogenated alkanes) is 1. The minimum Gasteiger partial charge on any atom is -0.0654 e. The van der Waals surface area contributed by atoms with E-state index < -0.39 is 0 Å². The van der Waals surface area contributed by atoms with Gasteiger partial charge in [0.2, 0.25) is 0 Å². The molecular weight excluding hydrogens is 264 g/mol. The van der Waals surface area contributed by atoms with Gasteiger partial charge in [-0.1, -0.05) is 106 Å². The molecule has 0 amide bonds. The van der Waals surface area contributed by atoms with Crippen LogP contribution in [-0.2, 0) is 0 Å². The van der Waals surface area contributed by atoms with Crippen molar-refractivity contribution >= 4 is 0 Å². The van der Waals surface area contributed by atoms with Crippen LogP contribution < -0.4 is 0 Å². The summed E-state index contributed by atoms with van der Waals surface area (Å²) in [5.74, 6) is 4.56. The van der Waals surface area contributed by atoms with Crippen molar-refractivity contribution in [2.75, 3.05) is 0 Å². The average molecular weight is 311 g/mol. The van der Waals surface area contributed by atoms with Crippen molar-refractivity contribution in [2.45, 2.75) is 113 Å². The molecule has 0 spiro atoms. The third kappa shape index (κ3) is 10.7. The van der Waals surface area contributed by atoms with Crippen LogP contribution in [0.2, 0.25) is 0 Å². The van der Waals surface area contributed by atoms with Crippen molar-refractivity contribution < 1.29 is 0 Å². The van der Waals surface area contributed by atoms with E-state index >= 15 is 0 Å². The Labute approximate surface area is 142 Å². The molecule has 0 N–H and O–H groups in total. The Morgan fingerprint density at radius 3 is 1.55 bits per heavy atom. The highest BCUT2D eigenvalue weighted by Gasteiger charge is 2.20. The number of rotatable bonds is 14. The summed E-state index contributed by atoms with van der Waals surface area (Å²) >= 11 is 0. The van der Waals surface area contributed by atoms with E-state index in [9.17, 15) is 0 Å². The Bertz CT molecular complexity index is 230. The van der Waals surface area contributed by atoms with Gasteiger partial charge in [-0.15, -0.1) is 0 Å². The first-order valence-electron chi connectivity index (χ1n) is 10.4. The summed E-state index contributed by atoms with van der Waals surface area (Å²) in [6, 6.07) is 0. The number of hydrogen-bond acceptors (Lipinski definition) is 0. The van der Waals surface area contributed by atoms with E-state index in [1.807, 2.05) is 0 Å². The molecule has 0 aliphatic rings. The molecule has 0 saturated heterocycles. The summed E-state index contributed by atoms with van der Waals surface area (Å²) in [4.78, 5) is 0. The molecule has 0 bridgehead atoms. The van der Waals surface area contributed by atoms with E-state index in [1.165, 1.54) is 64.2 Å². The molecule has 0 aromatic rings. The van der Waals surface area contributed by atoms with Gasteiger partial charge in [-0.05, 0) is 36.0 Å². The van der Waals surface area contributed by atoms with Crippen LogP contribution in [0.1, 0.15) is 113 Å². The Morgan fingerprint density at radius 1 is 0.545 bits per heavy atom. The molecule has 0 aliphatic heterocycles. The van der Waals surface area contributed by atoms with Gasteiger partial charge in [0, 0.05) is 0 Å². The lowest BCUT2D eigenvalue weighted by molar-refractivity contribution is 0.225. The Balaban J connectivity index is 4.13. The molecule has 4 unspecified atom stereocenters. The van der Waals surface area contributed by atoms with Crippen LogP contribution in [0.15, 0.2) is 0 Å². The molecule has 0 heterocycles. The Hall–Kier alpha value is 0. The summed E-state index contributed by atoms with van der Waals surface area (Å²) in [6.07, 6.45) is 14.3. The topological polar surface area (TPSA) is 0 Å². The van der Waals surface area contributed by atoms with E-state index in [0.29, 0.717) is 0 Å². The van der Waals surface area contributed by atoms with Crippen LogP contribution in [0.3, 0.4) is 0 Å². The summed E-state index contributed by atoms with van der Waals surface area (Å²) in [6.45, 7) is 16.8. The normalized spacial score (nSPS) is 17.5. The first-order chi connectivity index (χ1) is 10.4. The maximum Gasteiger partial charge on any atom is -0.0386 e. The molecule has 0 nitrogen and oxygen atoms in total. The fourth-order valence-corrected chi connectivity index (χ4v) is 3.89. The zero-order valence-electron chi connectivity index (χ0n) is 17.0. The average Bonchev–Trinajstić information content (AvgIpc) is 2.46. The molecule has 0 aromatic heterocycles. The third-order valence-electron chi connectivity index (χ3n) is 5.91. The zero-order valence-corrected chi connectivity index (χ0v) is 17.0. The van der Waals surface area contributed by atoms with E-state index in [-0.39, 0.29) is 0 Å². The van der Waals surface area contributed by atoms with E-state index in [4.69, 9.17) is 0 Å². The van der Waals surface area contributed by atoms with Crippen molar-refractivity contribution in [1.82, 2.24) is 0 Å². The largest absolute Gasteiger partial charge is 0.0654 e. The van der Waals surface area contributed by atoms with Gasteiger partial charge in [0.05, 0.1) is 0 Å². The minimum atomic E-state index is 0.838. The van der Waals surface area contributed by atoms with E-state index in [0.717, 1.165) is 29.6 Å². The van der Waals surface area contributed by atoms with Crippen molar-refractivity contribution in [1.29, 1.82) is 0 Å². The highest BCUT2D eigenvalue weighted by molar-refractivity contribution is 4.71. The highest BCUT2D eigenvalue weighted by atomic mass is 14.3. The molecule has 134 valence electrons. The lowest BCUT2D eigenvalue weighted by Crippen LogP contribution is -2.18. The van der Waals surface area contributed by atoms with Crippen molar-refractivity contribution in [3.8, 4) is 0 Å². The van der Waals surface area contributed by atoms with Gasteiger partial charge in [-0.2, -0.15) is 0 Å². The molecule has 0 heteroatoms. The summed E-state index contributed by atoms with van der Waals surface area (Å²) in [7, 11) is 0. The Kier molecular flexibility index (Phi) is 13.4. The monoisotopic (exact) mass is 310 g/mol. The molecule has 22 heavy (non-hydrogen) atoms. The summed E-state index contributed by atoms with van der Waals surface area (Å²) < 4.78 is 0.